The van der Waals surface area contributed by atoms with Crippen LogP contribution in [0.2, 0.25) is 10.0 Å². The first-order chi connectivity index (χ1) is 11.8. The van der Waals surface area contributed by atoms with E-state index in [2.05, 4.69) is 10.3 Å². The predicted molar refractivity (Wildman–Crippen MR) is 98.8 cm³/mol. The van der Waals surface area contributed by atoms with Gasteiger partial charge in [-0.2, -0.15) is 0 Å². The maximum atomic E-state index is 12.5. The van der Waals surface area contributed by atoms with Gasteiger partial charge in [0.05, 0.1) is 24.9 Å². The number of ether oxygens (including phenoxy) is 1. The van der Waals surface area contributed by atoms with Gasteiger partial charge in [-0.3, -0.25) is 4.79 Å². The zero-order valence-corrected chi connectivity index (χ0v) is 16.0. The summed E-state index contributed by atoms with van der Waals surface area (Å²) in [6.07, 6.45) is 0. The lowest BCUT2D eigenvalue weighted by Crippen LogP contribution is -2.26. The van der Waals surface area contributed by atoms with Crippen molar-refractivity contribution in [1.82, 2.24) is 10.3 Å². The first-order valence-corrected chi connectivity index (χ1v) is 8.50. The molecule has 1 aromatic heterocycles. The topological polar surface area (TPSA) is 71.2 Å². The van der Waals surface area contributed by atoms with Crippen molar-refractivity contribution in [2.75, 3.05) is 13.7 Å². The first kappa shape index (κ1) is 19.5. The van der Waals surface area contributed by atoms with Crippen molar-refractivity contribution in [1.29, 1.82) is 0 Å². The minimum absolute atomic E-state index is 0.0987. The summed E-state index contributed by atoms with van der Waals surface area (Å²) in [6, 6.07) is 5.11. The van der Waals surface area contributed by atoms with Gasteiger partial charge in [0, 0.05) is 21.8 Å². The fraction of sp³-hybridized carbons (Fsp3) is 0.333. The van der Waals surface area contributed by atoms with E-state index >= 15 is 0 Å². The quantitative estimate of drug-likeness (QED) is 0.578. The van der Waals surface area contributed by atoms with E-state index in [0.29, 0.717) is 32.6 Å². The molecule has 1 atom stereocenters. The number of benzene rings is 1. The SMILES string of the molecule is COC(=O)c1c(C)[nH]c(C(=O)CN[C@@H](C)c2ccc(Cl)cc2Cl)c1C. The largest absolute Gasteiger partial charge is 0.465 e. The van der Waals surface area contributed by atoms with Gasteiger partial charge in [-0.1, -0.05) is 29.3 Å². The lowest BCUT2D eigenvalue weighted by atomic mass is 10.1. The van der Waals surface area contributed by atoms with E-state index in [4.69, 9.17) is 27.9 Å². The van der Waals surface area contributed by atoms with Gasteiger partial charge in [0.25, 0.3) is 0 Å². The van der Waals surface area contributed by atoms with Crippen molar-refractivity contribution in [2.45, 2.75) is 26.8 Å². The van der Waals surface area contributed by atoms with E-state index in [9.17, 15) is 9.59 Å². The van der Waals surface area contributed by atoms with Crippen LogP contribution in [0.3, 0.4) is 0 Å². The Morgan fingerprint density at radius 3 is 2.56 bits per heavy atom. The molecule has 0 fully saturated rings. The van der Waals surface area contributed by atoms with Crippen LogP contribution in [0.1, 0.15) is 50.6 Å². The number of H-pyrrole nitrogens is 1. The first-order valence-electron chi connectivity index (χ1n) is 7.75. The number of halogens is 2. The zero-order valence-electron chi connectivity index (χ0n) is 14.5. The molecular formula is C18H20Cl2N2O3. The fourth-order valence-corrected chi connectivity index (χ4v) is 3.31. The van der Waals surface area contributed by atoms with Crippen molar-refractivity contribution in [2.24, 2.45) is 0 Å². The summed E-state index contributed by atoms with van der Waals surface area (Å²) in [7, 11) is 1.31. The number of aromatic nitrogens is 1. The second kappa shape index (κ2) is 8.04. The molecule has 134 valence electrons. The molecule has 0 saturated heterocycles. The number of methoxy groups -OCH3 is 1. The number of esters is 1. The number of aromatic amines is 1. The van der Waals surface area contributed by atoms with E-state index < -0.39 is 5.97 Å². The van der Waals surface area contributed by atoms with E-state index in [-0.39, 0.29) is 18.4 Å². The number of hydrogen-bond acceptors (Lipinski definition) is 4. The Morgan fingerprint density at radius 2 is 1.96 bits per heavy atom. The highest BCUT2D eigenvalue weighted by molar-refractivity contribution is 6.35. The van der Waals surface area contributed by atoms with Crippen molar-refractivity contribution in [3.05, 3.63) is 56.3 Å². The molecule has 0 aliphatic heterocycles. The van der Waals surface area contributed by atoms with E-state index in [1.165, 1.54) is 7.11 Å². The standard InChI is InChI=1S/C18H20Cl2N2O3/c1-9-16(18(24)25-4)11(3)22-17(9)15(23)8-21-10(2)13-6-5-12(19)7-14(13)20/h5-7,10,21-22H,8H2,1-4H3/t10-/m0/s1. The van der Waals surface area contributed by atoms with E-state index in [0.717, 1.165) is 5.56 Å². The Labute approximate surface area is 156 Å². The number of carbonyl (C=O) groups is 2. The van der Waals surface area contributed by atoms with Gasteiger partial charge >= 0.3 is 5.97 Å². The molecule has 0 unspecified atom stereocenters. The number of hydrogen-bond donors (Lipinski definition) is 2. The molecule has 1 aromatic carbocycles. The van der Waals surface area contributed by atoms with Gasteiger partial charge in [0.1, 0.15) is 0 Å². The molecule has 0 radical (unpaired) electrons. The lowest BCUT2D eigenvalue weighted by Gasteiger charge is -2.15. The monoisotopic (exact) mass is 382 g/mol. The van der Waals surface area contributed by atoms with Crippen LogP contribution in [-0.2, 0) is 4.74 Å². The third-order valence-corrected chi connectivity index (χ3v) is 4.67. The molecule has 5 nitrogen and oxygen atoms in total. The number of Topliss-reactive ketones (excluding diaryl/α,β-unsaturated/α-hetero) is 1. The number of ketones is 1. The summed E-state index contributed by atoms with van der Waals surface area (Å²) < 4.78 is 4.76. The molecule has 1 heterocycles. The van der Waals surface area contributed by atoms with Gasteiger partial charge < -0.3 is 15.0 Å². The van der Waals surface area contributed by atoms with Crippen LogP contribution in [-0.4, -0.2) is 30.4 Å². The summed E-state index contributed by atoms with van der Waals surface area (Å²) >= 11 is 12.1. The molecule has 0 amide bonds. The summed E-state index contributed by atoms with van der Waals surface area (Å²) in [5.41, 5.74) is 2.86. The normalized spacial score (nSPS) is 12.1. The summed E-state index contributed by atoms with van der Waals surface area (Å²) in [6.45, 7) is 5.47. The van der Waals surface area contributed by atoms with Crippen molar-refractivity contribution < 1.29 is 14.3 Å². The van der Waals surface area contributed by atoms with Gasteiger partial charge in [-0.05, 0) is 44.0 Å². The second-order valence-electron chi connectivity index (χ2n) is 5.81. The average Bonchev–Trinajstić information content (AvgIpc) is 2.86. The Kier molecular flexibility index (Phi) is 6.27. The molecule has 7 heteroatoms. The predicted octanol–water partition coefficient (Wildman–Crippen LogP) is 4.26. The highest BCUT2D eigenvalue weighted by Crippen LogP contribution is 2.26. The summed E-state index contributed by atoms with van der Waals surface area (Å²) in [5.74, 6) is -0.604. The molecule has 25 heavy (non-hydrogen) atoms. The van der Waals surface area contributed by atoms with Crippen LogP contribution in [0, 0.1) is 13.8 Å². The Bertz CT molecular complexity index is 815. The highest BCUT2D eigenvalue weighted by atomic mass is 35.5. The number of carbonyl (C=O) groups excluding carboxylic acids is 2. The minimum atomic E-state index is -0.459. The lowest BCUT2D eigenvalue weighted by molar-refractivity contribution is 0.0599. The molecular weight excluding hydrogens is 363 g/mol. The summed E-state index contributed by atoms with van der Waals surface area (Å²) in [5, 5.41) is 4.24. The zero-order chi connectivity index (χ0) is 18.7. The smallest absolute Gasteiger partial charge is 0.339 e. The molecule has 0 spiro atoms. The van der Waals surface area contributed by atoms with Gasteiger partial charge in [0.15, 0.2) is 5.78 Å². The van der Waals surface area contributed by atoms with E-state index in [1.807, 2.05) is 13.0 Å². The third-order valence-electron chi connectivity index (χ3n) is 4.10. The van der Waals surface area contributed by atoms with Gasteiger partial charge in [-0.15, -0.1) is 0 Å². The van der Waals surface area contributed by atoms with E-state index in [1.54, 1.807) is 26.0 Å². The number of aryl methyl sites for hydroxylation is 1. The van der Waals surface area contributed by atoms with Crippen LogP contribution in [0.15, 0.2) is 18.2 Å². The Balaban J connectivity index is 2.11. The highest BCUT2D eigenvalue weighted by Gasteiger charge is 2.22. The van der Waals surface area contributed by atoms with Gasteiger partial charge in [0.2, 0.25) is 0 Å². The fourth-order valence-electron chi connectivity index (χ4n) is 2.73. The van der Waals surface area contributed by atoms with Crippen molar-refractivity contribution in [3.8, 4) is 0 Å². The molecule has 0 aliphatic rings. The Morgan fingerprint density at radius 1 is 1.28 bits per heavy atom. The van der Waals surface area contributed by atoms with Crippen LogP contribution in [0.4, 0.5) is 0 Å². The van der Waals surface area contributed by atoms with Crippen LogP contribution >= 0.6 is 23.2 Å². The number of nitrogens with one attached hydrogen (secondary N) is 2. The molecule has 2 aromatic rings. The van der Waals surface area contributed by atoms with Crippen molar-refractivity contribution >= 4 is 35.0 Å². The van der Waals surface area contributed by atoms with Crippen LogP contribution < -0.4 is 5.32 Å². The number of rotatable bonds is 6. The molecule has 2 rings (SSSR count). The van der Waals surface area contributed by atoms with Gasteiger partial charge in [-0.25, -0.2) is 4.79 Å². The summed E-state index contributed by atoms with van der Waals surface area (Å²) in [4.78, 5) is 27.3. The third kappa shape index (κ3) is 4.24. The van der Waals surface area contributed by atoms with Crippen LogP contribution in [0.5, 0.6) is 0 Å². The van der Waals surface area contributed by atoms with Crippen molar-refractivity contribution in [3.63, 3.8) is 0 Å². The maximum absolute atomic E-state index is 12.5. The second-order valence-corrected chi connectivity index (χ2v) is 6.65. The minimum Gasteiger partial charge on any atom is -0.465 e. The molecule has 0 saturated carbocycles. The Hall–Kier alpha value is -1.82. The van der Waals surface area contributed by atoms with Crippen LogP contribution in [0.25, 0.3) is 0 Å². The molecule has 2 N–H and O–H groups in total. The molecule has 0 bridgehead atoms. The molecule has 0 aliphatic carbocycles. The maximum Gasteiger partial charge on any atom is 0.339 e. The average molecular weight is 383 g/mol.